The van der Waals surface area contributed by atoms with E-state index in [1.165, 1.54) is 6.42 Å². The van der Waals surface area contributed by atoms with Crippen LogP contribution >= 0.6 is 0 Å². The number of benzene rings is 4. The number of nitrogens with one attached hydrogen (secondary N) is 2. The van der Waals surface area contributed by atoms with Crippen LogP contribution in [0.25, 0.3) is 90.9 Å². The minimum atomic E-state index is 0.758. The van der Waals surface area contributed by atoms with Gasteiger partial charge in [0.2, 0.25) is 0 Å². The molecule has 0 atom stereocenters. The van der Waals surface area contributed by atoms with E-state index in [-0.39, 0.29) is 0 Å². The Morgan fingerprint density at radius 1 is 0.419 bits per heavy atom. The van der Waals surface area contributed by atoms with Crippen LogP contribution in [0.4, 0.5) is 5.69 Å². The average Bonchev–Trinajstić information content (AvgIpc) is 4.17. The summed E-state index contributed by atoms with van der Waals surface area (Å²) >= 11 is 0. The van der Waals surface area contributed by atoms with E-state index in [2.05, 4.69) is 106 Å². The molecule has 0 radical (unpaired) electrons. The van der Waals surface area contributed by atoms with Crippen molar-refractivity contribution >= 4 is 52.1 Å². The summed E-state index contributed by atoms with van der Waals surface area (Å²) in [4.78, 5) is 21.5. The van der Waals surface area contributed by atoms with Gasteiger partial charge in [-0.15, -0.1) is 0 Å². The summed E-state index contributed by atoms with van der Waals surface area (Å²) in [6.07, 6.45) is 11.9. The lowest BCUT2D eigenvalue weighted by atomic mass is 10.0. The van der Waals surface area contributed by atoms with Crippen molar-refractivity contribution in [3.8, 4) is 67.5 Å². The van der Waals surface area contributed by atoms with E-state index in [9.17, 15) is 0 Å². The van der Waals surface area contributed by atoms with Crippen LogP contribution in [-0.2, 0) is 0 Å². The first-order valence-corrected chi connectivity index (χ1v) is 21.0. The molecule has 0 saturated carbocycles. The van der Waals surface area contributed by atoms with E-state index < -0.39 is 0 Å². The minimum absolute atomic E-state index is 0.758. The van der Waals surface area contributed by atoms with Crippen molar-refractivity contribution in [1.82, 2.24) is 19.9 Å². The number of nitrogens with zero attached hydrogens (tertiary/aromatic N) is 3. The SMILES string of the molecule is COc1cccc(-c2c3nc(c(-c4cccc(OC)c4)c4cc(N5CCCCC5)c([nH]4)c(-c4cccc(OC)c4)c4nc(c(-c5cccc(OC)c5)c5ccc2[nH]5)C=C4)C=C3)c1. The Hall–Kier alpha value is -7.52. The van der Waals surface area contributed by atoms with Crippen LogP contribution in [0.5, 0.6) is 23.0 Å². The number of H-pyrrole nitrogens is 2. The number of methoxy groups -OCH3 is 4. The lowest BCUT2D eigenvalue weighted by Gasteiger charge is -2.28. The molecule has 7 aromatic rings. The summed E-state index contributed by atoms with van der Waals surface area (Å²) in [5.41, 5.74) is 15.8. The van der Waals surface area contributed by atoms with E-state index in [0.29, 0.717) is 0 Å². The highest BCUT2D eigenvalue weighted by Crippen LogP contribution is 2.43. The Kier molecular flexibility index (Phi) is 10.3. The molecule has 9 nitrogen and oxygen atoms in total. The van der Waals surface area contributed by atoms with Gasteiger partial charge in [-0.3, -0.25) is 0 Å². The van der Waals surface area contributed by atoms with Crippen LogP contribution in [0.15, 0.2) is 115 Å². The molecular weight excluding hydrogens is 771 g/mol. The molecule has 308 valence electrons. The van der Waals surface area contributed by atoms with Crippen molar-refractivity contribution in [2.45, 2.75) is 19.3 Å². The summed E-state index contributed by atoms with van der Waals surface area (Å²) in [5.74, 6) is 3.05. The summed E-state index contributed by atoms with van der Waals surface area (Å²) < 4.78 is 23.1. The Morgan fingerprint density at radius 3 is 1.23 bits per heavy atom. The standard InChI is InChI=1S/C53H47N5O4/c1-59-37-16-8-12-33(28-37)49-41-20-21-42(54-41)50(34-13-9-17-38(29-34)60-2)44-24-25-46(56-44)52(36-15-11-19-40(31-36)62-4)53-48(58-26-6-5-7-27-58)32-47(57-53)51(45-23-22-43(49)55-45)35-14-10-18-39(30-35)61-3/h8-25,28-32,54,57H,5-7,26-27H2,1-4H3. The molecule has 1 fully saturated rings. The Bertz CT molecular complexity index is 3080. The number of piperidine rings is 1. The molecule has 9 heteroatoms. The van der Waals surface area contributed by atoms with E-state index >= 15 is 0 Å². The summed E-state index contributed by atoms with van der Waals surface area (Å²) in [6, 6.07) is 39.4. The summed E-state index contributed by atoms with van der Waals surface area (Å²) in [5, 5.41) is 0. The van der Waals surface area contributed by atoms with Gasteiger partial charge in [0.15, 0.2) is 0 Å². The topological polar surface area (TPSA) is 97.5 Å². The fourth-order valence-corrected chi connectivity index (χ4v) is 8.98. The predicted molar refractivity (Wildman–Crippen MR) is 253 cm³/mol. The number of hydrogen-bond acceptors (Lipinski definition) is 7. The van der Waals surface area contributed by atoms with Gasteiger partial charge in [0, 0.05) is 46.4 Å². The molecule has 0 unspecified atom stereocenters. The largest absolute Gasteiger partial charge is 0.497 e. The molecule has 4 aromatic carbocycles. The molecule has 3 aliphatic heterocycles. The van der Waals surface area contributed by atoms with Gasteiger partial charge in [-0.25, -0.2) is 9.97 Å². The number of anilines is 1. The first-order valence-electron chi connectivity index (χ1n) is 21.0. The maximum Gasteiger partial charge on any atom is 0.119 e. The average molecular weight is 818 g/mol. The maximum absolute atomic E-state index is 5.83. The third-order valence-electron chi connectivity index (χ3n) is 12.0. The Balaban J connectivity index is 1.42. The van der Waals surface area contributed by atoms with Gasteiger partial charge in [-0.05, 0) is 133 Å². The van der Waals surface area contributed by atoms with Crippen LogP contribution in [-0.4, -0.2) is 61.5 Å². The van der Waals surface area contributed by atoms with Gasteiger partial charge in [-0.1, -0.05) is 48.5 Å². The van der Waals surface area contributed by atoms with Crippen molar-refractivity contribution in [3.05, 3.63) is 138 Å². The molecule has 0 spiro atoms. The number of rotatable bonds is 9. The van der Waals surface area contributed by atoms with Gasteiger partial charge in [0.1, 0.15) is 23.0 Å². The molecule has 2 N–H and O–H groups in total. The molecule has 10 rings (SSSR count). The van der Waals surface area contributed by atoms with Crippen LogP contribution < -0.4 is 23.8 Å². The lowest BCUT2D eigenvalue weighted by molar-refractivity contribution is 0.415. The molecule has 6 heterocycles. The monoisotopic (exact) mass is 817 g/mol. The van der Waals surface area contributed by atoms with E-state index in [1.54, 1.807) is 28.4 Å². The third kappa shape index (κ3) is 7.15. The van der Waals surface area contributed by atoms with Gasteiger partial charge < -0.3 is 33.8 Å². The van der Waals surface area contributed by atoms with E-state index in [1.807, 2.05) is 48.5 Å². The smallest absolute Gasteiger partial charge is 0.119 e. The summed E-state index contributed by atoms with van der Waals surface area (Å²) in [7, 11) is 6.81. The van der Waals surface area contributed by atoms with Crippen LogP contribution in [0, 0.1) is 0 Å². The third-order valence-corrected chi connectivity index (χ3v) is 12.0. The van der Waals surface area contributed by atoms with Crippen molar-refractivity contribution in [2.24, 2.45) is 0 Å². The Morgan fingerprint density at radius 2 is 0.806 bits per heavy atom. The fraction of sp³-hybridized carbons (Fsp3) is 0.170. The highest BCUT2D eigenvalue weighted by atomic mass is 16.5. The molecule has 8 bridgehead atoms. The molecule has 0 aliphatic carbocycles. The predicted octanol–water partition coefficient (Wildman–Crippen LogP) is 12.3. The van der Waals surface area contributed by atoms with E-state index in [0.717, 1.165) is 144 Å². The highest BCUT2D eigenvalue weighted by molar-refractivity contribution is 6.03. The number of aromatic amines is 2. The van der Waals surface area contributed by atoms with Gasteiger partial charge in [0.05, 0.1) is 67.9 Å². The minimum Gasteiger partial charge on any atom is -0.497 e. The number of fused-ring (bicyclic) bond motifs is 8. The zero-order valence-corrected chi connectivity index (χ0v) is 35.3. The first kappa shape index (κ1) is 38.7. The number of ether oxygens (including phenoxy) is 4. The quantitative estimate of drug-likeness (QED) is 0.150. The second kappa shape index (κ2) is 16.5. The zero-order chi connectivity index (χ0) is 42.2. The highest BCUT2D eigenvalue weighted by Gasteiger charge is 2.24. The second-order valence-corrected chi connectivity index (χ2v) is 15.6. The van der Waals surface area contributed by atoms with Crippen LogP contribution in [0.3, 0.4) is 0 Å². The van der Waals surface area contributed by atoms with Gasteiger partial charge in [-0.2, -0.15) is 0 Å². The molecule has 0 amide bonds. The first-order chi connectivity index (χ1) is 30.5. The molecule has 1 saturated heterocycles. The van der Waals surface area contributed by atoms with E-state index in [4.69, 9.17) is 28.9 Å². The van der Waals surface area contributed by atoms with Crippen molar-refractivity contribution < 1.29 is 18.9 Å². The molecular formula is C53H47N5O4. The van der Waals surface area contributed by atoms with Crippen molar-refractivity contribution in [2.75, 3.05) is 46.4 Å². The van der Waals surface area contributed by atoms with Crippen molar-refractivity contribution in [1.29, 1.82) is 0 Å². The fourth-order valence-electron chi connectivity index (χ4n) is 8.98. The second-order valence-electron chi connectivity index (χ2n) is 15.6. The lowest BCUT2D eigenvalue weighted by Crippen LogP contribution is -2.29. The number of hydrogen-bond donors (Lipinski definition) is 2. The van der Waals surface area contributed by atoms with Gasteiger partial charge >= 0.3 is 0 Å². The normalized spacial score (nSPS) is 13.3. The van der Waals surface area contributed by atoms with Gasteiger partial charge in [0.25, 0.3) is 0 Å². The maximum atomic E-state index is 5.83. The zero-order valence-electron chi connectivity index (χ0n) is 35.3. The summed E-state index contributed by atoms with van der Waals surface area (Å²) in [6.45, 7) is 1.90. The van der Waals surface area contributed by atoms with Crippen LogP contribution in [0.2, 0.25) is 0 Å². The number of aromatic nitrogens is 4. The van der Waals surface area contributed by atoms with Crippen molar-refractivity contribution in [3.63, 3.8) is 0 Å². The Labute approximate surface area is 361 Å². The molecule has 3 aromatic heterocycles. The van der Waals surface area contributed by atoms with Crippen LogP contribution in [0.1, 0.15) is 42.0 Å². The molecule has 62 heavy (non-hydrogen) atoms. The molecule has 3 aliphatic rings.